The van der Waals surface area contributed by atoms with Crippen molar-refractivity contribution in [1.82, 2.24) is 10.3 Å². The zero-order valence-corrected chi connectivity index (χ0v) is 9.50. The highest BCUT2D eigenvalue weighted by Crippen LogP contribution is 2.24. The van der Waals surface area contributed by atoms with E-state index in [1.165, 1.54) is 12.3 Å². The Morgan fingerprint density at radius 1 is 1.29 bits per heavy atom. The molecule has 17 heavy (non-hydrogen) atoms. The summed E-state index contributed by atoms with van der Waals surface area (Å²) >= 11 is 0. The number of oxazole rings is 1. The highest BCUT2D eigenvalue weighted by Gasteiger charge is 2.12. The molecule has 1 unspecified atom stereocenters. The van der Waals surface area contributed by atoms with Gasteiger partial charge in [0.15, 0.2) is 17.4 Å². The molecule has 1 atom stereocenters. The zero-order valence-electron chi connectivity index (χ0n) is 9.50. The van der Waals surface area contributed by atoms with Crippen LogP contribution in [0.3, 0.4) is 0 Å². The minimum Gasteiger partial charge on any atom is -0.439 e. The van der Waals surface area contributed by atoms with Gasteiger partial charge in [-0.25, -0.2) is 13.8 Å². The Labute approximate surface area is 97.5 Å². The average Bonchev–Trinajstić information content (AvgIpc) is 2.81. The standard InChI is InChI=1S/C12H12F2N2O/c1-7(15-2)12-16-6-11(17-12)8-3-4-9(13)10(14)5-8/h3-7,15H,1-2H3. The van der Waals surface area contributed by atoms with E-state index in [2.05, 4.69) is 10.3 Å². The molecule has 2 aromatic rings. The molecule has 0 amide bonds. The van der Waals surface area contributed by atoms with Gasteiger partial charge in [0.05, 0.1) is 12.2 Å². The molecule has 0 bridgehead atoms. The lowest BCUT2D eigenvalue weighted by Gasteiger charge is -2.03. The number of rotatable bonds is 3. The Hall–Kier alpha value is -1.75. The molecule has 0 radical (unpaired) electrons. The Kier molecular flexibility index (Phi) is 3.19. The fraction of sp³-hybridized carbons (Fsp3) is 0.250. The van der Waals surface area contributed by atoms with Gasteiger partial charge in [-0.3, -0.25) is 0 Å². The largest absolute Gasteiger partial charge is 0.439 e. The second-order valence-electron chi connectivity index (χ2n) is 3.70. The monoisotopic (exact) mass is 238 g/mol. The summed E-state index contributed by atoms with van der Waals surface area (Å²) in [6.07, 6.45) is 1.50. The van der Waals surface area contributed by atoms with E-state index in [0.717, 1.165) is 12.1 Å². The molecule has 1 heterocycles. The predicted octanol–water partition coefficient (Wildman–Crippen LogP) is 2.90. The fourth-order valence-electron chi connectivity index (χ4n) is 1.39. The summed E-state index contributed by atoms with van der Waals surface area (Å²) in [5.74, 6) is -0.854. The number of hydrogen-bond donors (Lipinski definition) is 1. The van der Waals surface area contributed by atoms with Gasteiger partial charge in [-0.1, -0.05) is 0 Å². The molecule has 0 aliphatic carbocycles. The predicted molar refractivity (Wildman–Crippen MR) is 59.3 cm³/mol. The van der Waals surface area contributed by atoms with Gasteiger partial charge < -0.3 is 9.73 Å². The summed E-state index contributed by atoms with van der Waals surface area (Å²) in [4.78, 5) is 4.07. The molecular weight excluding hydrogens is 226 g/mol. The van der Waals surface area contributed by atoms with Crippen LogP contribution in [0, 0.1) is 11.6 Å². The van der Waals surface area contributed by atoms with Crippen molar-refractivity contribution in [3.63, 3.8) is 0 Å². The highest BCUT2D eigenvalue weighted by molar-refractivity contribution is 5.56. The van der Waals surface area contributed by atoms with Crippen molar-refractivity contribution in [1.29, 1.82) is 0 Å². The molecule has 3 nitrogen and oxygen atoms in total. The number of nitrogens with one attached hydrogen (secondary N) is 1. The molecule has 0 saturated carbocycles. The molecule has 0 aliphatic rings. The normalized spacial score (nSPS) is 12.7. The molecule has 0 saturated heterocycles. The second-order valence-corrected chi connectivity index (χ2v) is 3.70. The minimum absolute atomic E-state index is 0.0333. The van der Waals surface area contributed by atoms with Crippen molar-refractivity contribution in [2.24, 2.45) is 0 Å². The zero-order chi connectivity index (χ0) is 12.4. The maximum absolute atomic E-state index is 13.0. The third-order valence-corrected chi connectivity index (χ3v) is 2.53. The van der Waals surface area contributed by atoms with Crippen LogP contribution in [0.2, 0.25) is 0 Å². The lowest BCUT2D eigenvalue weighted by molar-refractivity contribution is 0.441. The van der Waals surface area contributed by atoms with Crippen LogP contribution in [0.25, 0.3) is 11.3 Å². The van der Waals surface area contributed by atoms with E-state index in [-0.39, 0.29) is 6.04 Å². The van der Waals surface area contributed by atoms with Crippen molar-refractivity contribution >= 4 is 0 Å². The van der Waals surface area contributed by atoms with E-state index >= 15 is 0 Å². The van der Waals surface area contributed by atoms with Crippen LogP contribution in [0.15, 0.2) is 28.8 Å². The van der Waals surface area contributed by atoms with Gasteiger partial charge in [-0.05, 0) is 32.2 Å². The molecule has 5 heteroatoms. The van der Waals surface area contributed by atoms with Crippen molar-refractivity contribution < 1.29 is 13.2 Å². The van der Waals surface area contributed by atoms with Gasteiger partial charge in [0.2, 0.25) is 5.89 Å². The van der Waals surface area contributed by atoms with Gasteiger partial charge in [-0.2, -0.15) is 0 Å². The molecular formula is C12H12F2N2O. The van der Waals surface area contributed by atoms with Gasteiger partial charge in [-0.15, -0.1) is 0 Å². The Morgan fingerprint density at radius 2 is 2.06 bits per heavy atom. The summed E-state index contributed by atoms with van der Waals surface area (Å²) in [5, 5.41) is 2.98. The van der Waals surface area contributed by atoms with Crippen LogP contribution in [-0.4, -0.2) is 12.0 Å². The van der Waals surface area contributed by atoms with Gasteiger partial charge in [0.1, 0.15) is 0 Å². The van der Waals surface area contributed by atoms with Crippen LogP contribution < -0.4 is 5.32 Å². The molecule has 0 fully saturated rings. The molecule has 1 aromatic carbocycles. The van der Waals surface area contributed by atoms with Crippen molar-refractivity contribution in [2.45, 2.75) is 13.0 Å². The first-order valence-electron chi connectivity index (χ1n) is 5.20. The van der Waals surface area contributed by atoms with E-state index in [4.69, 9.17) is 4.42 Å². The number of hydrogen-bond acceptors (Lipinski definition) is 3. The molecule has 1 aromatic heterocycles. The van der Waals surface area contributed by atoms with Crippen LogP contribution in [0.5, 0.6) is 0 Å². The smallest absolute Gasteiger partial charge is 0.211 e. The van der Waals surface area contributed by atoms with Crippen LogP contribution >= 0.6 is 0 Å². The molecule has 0 spiro atoms. The summed E-state index contributed by atoms with van der Waals surface area (Å²) in [6.45, 7) is 1.89. The first-order chi connectivity index (χ1) is 8.11. The fourth-order valence-corrected chi connectivity index (χ4v) is 1.39. The van der Waals surface area contributed by atoms with E-state index in [0.29, 0.717) is 17.2 Å². The summed E-state index contributed by atoms with van der Waals surface area (Å²) in [7, 11) is 1.78. The molecule has 90 valence electrons. The number of nitrogens with zero attached hydrogens (tertiary/aromatic N) is 1. The van der Waals surface area contributed by atoms with E-state index in [1.807, 2.05) is 6.92 Å². The van der Waals surface area contributed by atoms with E-state index in [9.17, 15) is 8.78 Å². The van der Waals surface area contributed by atoms with Crippen molar-refractivity contribution in [3.05, 3.63) is 41.9 Å². The van der Waals surface area contributed by atoms with E-state index < -0.39 is 11.6 Å². The van der Waals surface area contributed by atoms with Gasteiger partial charge >= 0.3 is 0 Å². The Bertz CT molecular complexity index is 525. The first kappa shape index (κ1) is 11.7. The summed E-state index contributed by atoms with van der Waals surface area (Å²) in [5.41, 5.74) is 0.464. The van der Waals surface area contributed by atoms with Gasteiger partial charge in [0, 0.05) is 5.56 Å². The highest BCUT2D eigenvalue weighted by atomic mass is 19.2. The molecule has 1 N–H and O–H groups in total. The minimum atomic E-state index is -0.901. The second kappa shape index (κ2) is 4.63. The van der Waals surface area contributed by atoms with Crippen LogP contribution in [0.4, 0.5) is 8.78 Å². The first-order valence-corrected chi connectivity index (χ1v) is 5.20. The third kappa shape index (κ3) is 2.34. The van der Waals surface area contributed by atoms with E-state index in [1.54, 1.807) is 7.05 Å². The van der Waals surface area contributed by atoms with Crippen LogP contribution in [-0.2, 0) is 0 Å². The SMILES string of the molecule is CNC(C)c1ncc(-c2ccc(F)c(F)c2)o1. The Morgan fingerprint density at radius 3 is 2.71 bits per heavy atom. The topological polar surface area (TPSA) is 38.1 Å². The maximum atomic E-state index is 13.0. The third-order valence-electron chi connectivity index (χ3n) is 2.53. The maximum Gasteiger partial charge on any atom is 0.211 e. The summed E-state index contributed by atoms with van der Waals surface area (Å²) in [6, 6.07) is 3.57. The lowest BCUT2D eigenvalue weighted by Crippen LogP contribution is -2.12. The van der Waals surface area contributed by atoms with Crippen LogP contribution in [0.1, 0.15) is 18.9 Å². The number of benzene rings is 1. The van der Waals surface area contributed by atoms with Crippen molar-refractivity contribution in [2.75, 3.05) is 7.05 Å². The average molecular weight is 238 g/mol. The quantitative estimate of drug-likeness (QED) is 0.893. The number of aromatic nitrogens is 1. The molecule has 0 aliphatic heterocycles. The van der Waals surface area contributed by atoms with Crippen molar-refractivity contribution in [3.8, 4) is 11.3 Å². The lowest BCUT2D eigenvalue weighted by atomic mass is 10.2. The number of halogens is 2. The molecule has 2 rings (SSSR count). The summed E-state index contributed by atoms with van der Waals surface area (Å²) < 4.78 is 31.3. The Balaban J connectivity index is 2.33. The van der Waals surface area contributed by atoms with Gasteiger partial charge in [0.25, 0.3) is 0 Å².